The Morgan fingerprint density at radius 2 is 2.00 bits per heavy atom. The molecule has 86 valence electrons. The lowest BCUT2D eigenvalue weighted by molar-refractivity contribution is 0.0634. The highest BCUT2D eigenvalue weighted by Gasteiger charge is 2.35. The van der Waals surface area contributed by atoms with Crippen molar-refractivity contribution in [2.24, 2.45) is 0 Å². The molecule has 0 aromatic heterocycles. The van der Waals surface area contributed by atoms with Crippen molar-refractivity contribution in [1.82, 2.24) is 0 Å². The fraction of sp³-hybridized carbons (Fsp3) is 0.500. The first-order valence-corrected chi connectivity index (χ1v) is 5.67. The number of ether oxygens (including phenoxy) is 1. The molecule has 0 saturated carbocycles. The average Bonchev–Trinajstić information content (AvgIpc) is 2.29. The first-order chi connectivity index (χ1) is 7.77. The second-order valence-corrected chi connectivity index (χ2v) is 4.56. The van der Waals surface area contributed by atoms with Gasteiger partial charge in [-0.1, -0.05) is 0 Å². The number of rotatable bonds is 0. The Bertz CT molecular complexity index is 402. The molecule has 1 fully saturated rings. The zero-order chi connectivity index (χ0) is 11.0. The summed E-state index contributed by atoms with van der Waals surface area (Å²) in [4.78, 5) is 0. The molecule has 2 N–H and O–H groups in total. The highest BCUT2D eigenvalue weighted by atomic mass is 19.1. The maximum Gasteiger partial charge on any atom is 0.125 e. The molecule has 3 rings (SSSR count). The van der Waals surface area contributed by atoms with Crippen molar-refractivity contribution in [2.75, 3.05) is 30.4 Å². The third-order valence-electron chi connectivity index (χ3n) is 3.45. The van der Waals surface area contributed by atoms with Gasteiger partial charge in [0.1, 0.15) is 5.82 Å². The summed E-state index contributed by atoms with van der Waals surface area (Å²) in [6.07, 6.45) is 1.94. The molecule has 0 atom stereocenters. The van der Waals surface area contributed by atoms with E-state index in [0.717, 1.165) is 44.0 Å². The maximum absolute atomic E-state index is 13.2. The standard InChI is InChI=1S/C12H15FN2O/c13-9-1-2-10-11(7-9)15-12(8-14-10)3-5-16-6-4-12/h1-2,7,14-15H,3-6,8H2. The number of nitrogens with one attached hydrogen (secondary N) is 2. The first-order valence-electron chi connectivity index (χ1n) is 5.67. The lowest BCUT2D eigenvalue weighted by atomic mass is 9.87. The lowest BCUT2D eigenvalue weighted by Gasteiger charge is -2.43. The van der Waals surface area contributed by atoms with Crippen LogP contribution in [0.4, 0.5) is 15.8 Å². The van der Waals surface area contributed by atoms with Crippen LogP contribution < -0.4 is 10.6 Å². The maximum atomic E-state index is 13.2. The Balaban J connectivity index is 1.89. The summed E-state index contributed by atoms with van der Waals surface area (Å²) in [5, 5.41) is 6.84. The fourth-order valence-electron chi connectivity index (χ4n) is 2.43. The van der Waals surface area contributed by atoms with E-state index in [2.05, 4.69) is 10.6 Å². The van der Waals surface area contributed by atoms with Crippen molar-refractivity contribution < 1.29 is 9.13 Å². The van der Waals surface area contributed by atoms with Gasteiger partial charge in [-0.2, -0.15) is 0 Å². The van der Waals surface area contributed by atoms with Crippen LogP contribution in [0.2, 0.25) is 0 Å². The third kappa shape index (κ3) is 1.63. The minimum absolute atomic E-state index is 0.0407. The minimum atomic E-state index is -0.197. The van der Waals surface area contributed by atoms with Gasteiger partial charge in [-0.25, -0.2) is 4.39 Å². The highest BCUT2D eigenvalue weighted by molar-refractivity contribution is 5.72. The fourth-order valence-corrected chi connectivity index (χ4v) is 2.43. The molecule has 3 nitrogen and oxygen atoms in total. The number of anilines is 2. The van der Waals surface area contributed by atoms with E-state index < -0.39 is 0 Å². The van der Waals surface area contributed by atoms with Gasteiger partial charge in [0.2, 0.25) is 0 Å². The molecule has 0 aliphatic carbocycles. The summed E-state index contributed by atoms with van der Waals surface area (Å²) in [6, 6.07) is 4.82. The Labute approximate surface area is 94.0 Å². The van der Waals surface area contributed by atoms with Crippen molar-refractivity contribution in [3.05, 3.63) is 24.0 Å². The summed E-state index contributed by atoms with van der Waals surface area (Å²) >= 11 is 0. The largest absolute Gasteiger partial charge is 0.381 e. The van der Waals surface area contributed by atoms with Gasteiger partial charge in [0.05, 0.1) is 16.9 Å². The van der Waals surface area contributed by atoms with Crippen molar-refractivity contribution in [2.45, 2.75) is 18.4 Å². The molecule has 1 spiro atoms. The van der Waals surface area contributed by atoms with Crippen LogP contribution in [0.5, 0.6) is 0 Å². The molecule has 2 aliphatic rings. The van der Waals surface area contributed by atoms with Crippen LogP contribution in [0.1, 0.15) is 12.8 Å². The molecule has 4 heteroatoms. The lowest BCUT2D eigenvalue weighted by Crippen LogP contribution is -2.51. The summed E-state index contributed by atoms with van der Waals surface area (Å²) in [5.74, 6) is -0.197. The molecule has 0 bridgehead atoms. The van der Waals surface area contributed by atoms with Gasteiger partial charge < -0.3 is 15.4 Å². The molecular formula is C12H15FN2O. The molecule has 0 unspecified atom stereocenters. The number of hydrogen-bond donors (Lipinski definition) is 2. The van der Waals surface area contributed by atoms with E-state index in [9.17, 15) is 4.39 Å². The molecule has 1 saturated heterocycles. The van der Waals surface area contributed by atoms with Crippen molar-refractivity contribution in [3.8, 4) is 0 Å². The van der Waals surface area contributed by atoms with Crippen LogP contribution in [0.15, 0.2) is 18.2 Å². The first kappa shape index (κ1) is 9.90. The van der Waals surface area contributed by atoms with Crippen LogP contribution in [0.3, 0.4) is 0 Å². The summed E-state index contributed by atoms with van der Waals surface area (Å²) < 4.78 is 18.5. The smallest absolute Gasteiger partial charge is 0.125 e. The molecule has 0 radical (unpaired) electrons. The Hall–Kier alpha value is -1.29. The van der Waals surface area contributed by atoms with Gasteiger partial charge in [-0.05, 0) is 31.0 Å². The predicted octanol–water partition coefficient (Wildman–Crippen LogP) is 2.21. The number of fused-ring (bicyclic) bond motifs is 1. The summed E-state index contributed by atoms with van der Waals surface area (Å²) in [6.45, 7) is 2.44. The number of halogens is 1. The summed E-state index contributed by atoms with van der Waals surface area (Å²) in [7, 11) is 0. The topological polar surface area (TPSA) is 33.3 Å². The van der Waals surface area contributed by atoms with Crippen molar-refractivity contribution >= 4 is 11.4 Å². The van der Waals surface area contributed by atoms with E-state index in [4.69, 9.17) is 4.74 Å². The van der Waals surface area contributed by atoms with Gasteiger partial charge in [-0.15, -0.1) is 0 Å². The number of hydrogen-bond acceptors (Lipinski definition) is 3. The second-order valence-electron chi connectivity index (χ2n) is 4.56. The number of benzene rings is 1. The van der Waals surface area contributed by atoms with Crippen molar-refractivity contribution in [3.63, 3.8) is 0 Å². The molecule has 0 amide bonds. The molecular weight excluding hydrogens is 207 g/mol. The zero-order valence-electron chi connectivity index (χ0n) is 9.05. The van der Waals surface area contributed by atoms with Crippen molar-refractivity contribution in [1.29, 1.82) is 0 Å². The van der Waals surface area contributed by atoms with Crippen LogP contribution in [-0.2, 0) is 4.74 Å². The predicted molar refractivity (Wildman–Crippen MR) is 61.3 cm³/mol. The Morgan fingerprint density at radius 3 is 2.81 bits per heavy atom. The van der Waals surface area contributed by atoms with Crippen LogP contribution >= 0.6 is 0 Å². The minimum Gasteiger partial charge on any atom is -0.381 e. The Kier molecular flexibility index (Phi) is 2.24. The van der Waals surface area contributed by atoms with E-state index in [1.807, 2.05) is 0 Å². The van der Waals surface area contributed by atoms with E-state index >= 15 is 0 Å². The summed E-state index contributed by atoms with van der Waals surface area (Å²) in [5.41, 5.74) is 1.89. The van der Waals surface area contributed by atoms with Gasteiger partial charge in [0.25, 0.3) is 0 Å². The van der Waals surface area contributed by atoms with Gasteiger partial charge in [0, 0.05) is 19.8 Å². The molecule has 1 aromatic rings. The Morgan fingerprint density at radius 1 is 1.19 bits per heavy atom. The quantitative estimate of drug-likeness (QED) is 0.706. The van der Waals surface area contributed by atoms with E-state index in [1.165, 1.54) is 6.07 Å². The second kappa shape index (κ2) is 3.63. The van der Waals surface area contributed by atoms with E-state index in [1.54, 1.807) is 12.1 Å². The van der Waals surface area contributed by atoms with E-state index in [-0.39, 0.29) is 11.4 Å². The zero-order valence-corrected chi connectivity index (χ0v) is 9.05. The van der Waals surface area contributed by atoms with Gasteiger partial charge >= 0.3 is 0 Å². The molecule has 16 heavy (non-hydrogen) atoms. The van der Waals surface area contributed by atoms with Crippen LogP contribution in [0, 0.1) is 5.82 Å². The monoisotopic (exact) mass is 222 g/mol. The highest BCUT2D eigenvalue weighted by Crippen LogP contribution is 2.35. The SMILES string of the molecule is Fc1ccc2c(c1)NC1(CCOCC1)CN2. The third-order valence-corrected chi connectivity index (χ3v) is 3.45. The van der Waals surface area contributed by atoms with E-state index in [0.29, 0.717) is 0 Å². The van der Waals surface area contributed by atoms with Gasteiger partial charge in [-0.3, -0.25) is 0 Å². The normalized spacial score (nSPS) is 22.1. The van der Waals surface area contributed by atoms with Crippen LogP contribution in [-0.4, -0.2) is 25.3 Å². The average molecular weight is 222 g/mol. The molecule has 2 aliphatic heterocycles. The molecule has 2 heterocycles. The molecule has 1 aromatic carbocycles. The van der Waals surface area contributed by atoms with Crippen LogP contribution in [0.25, 0.3) is 0 Å². The van der Waals surface area contributed by atoms with Gasteiger partial charge in [0.15, 0.2) is 0 Å².